The van der Waals surface area contributed by atoms with Crippen LogP contribution in [0.2, 0.25) is 0 Å². The highest BCUT2D eigenvalue weighted by Crippen LogP contribution is 2.35. The molecule has 0 amide bonds. The van der Waals surface area contributed by atoms with Gasteiger partial charge in [-0.25, -0.2) is 0 Å². The molecule has 1 atom stereocenters. The Kier molecular flexibility index (Phi) is 2.79. The molecule has 1 aliphatic heterocycles. The highest BCUT2D eigenvalue weighted by atomic mass is 32.2. The van der Waals surface area contributed by atoms with Gasteiger partial charge in [-0.15, -0.1) is 0 Å². The summed E-state index contributed by atoms with van der Waals surface area (Å²) in [7, 11) is -3.60. The zero-order chi connectivity index (χ0) is 13.5. The van der Waals surface area contributed by atoms with Crippen molar-refractivity contribution in [3.8, 4) is 0 Å². The van der Waals surface area contributed by atoms with E-state index in [9.17, 15) is 8.42 Å². The predicted molar refractivity (Wildman–Crippen MR) is 71.1 cm³/mol. The van der Waals surface area contributed by atoms with Gasteiger partial charge in [0.15, 0.2) is 5.03 Å². The van der Waals surface area contributed by atoms with Gasteiger partial charge in [-0.05, 0) is 24.1 Å². The zero-order valence-electron chi connectivity index (χ0n) is 10.2. The van der Waals surface area contributed by atoms with Crippen molar-refractivity contribution in [2.24, 2.45) is 5.73 Å². The van der Waals surface area contributed by atoms with E-state index < -0.39 is 10.0 Å². The summed E-state index contributed by atoms with van der Waals surface area (Å²) in [4.78, 5) is 0. The third kappa shape index (κ3) is 1.91. The van der Waals surface area contributed by atoms with Gasteiger partial charge in [0.05, 0.1) is 11.9 Å². The number of nitrogens with one attached hydrogen (secondary N) is 1. The number of aromatic amines is 1. The van der Waals surface area contributed by atoms with Crippen LogP contribution >= 0.6 is 0 Å². The van der Waals surface area contributed by atoms with Crippen molar-refractivity contribution in [3.63, 3.8) is 0 Å². The van der Waals surface area contributed by atoms with Gasteiger partial charge in [0, 0.05) is 12.6 Å². The molecule has 0 aliphatic carbocycles. The Morgan fingerprint density at radius 2 is 2.11 bits per heavy atom. The second-order valence-corrected chi connectivity index (χ2v) is 6.28. The Balaban J connectivity index is 2.11. The Labute approximate surface area is 111 Å². The molecule has 1 aromatic heterocycles. The van der Waals surface area contributed by atoms with Crippen LogP contribution in [0.15, 0.2) is 41.6 Å². The molecule has 1 aliphatic rings. The van der Waals surface area contributed by atoms with Crippen molar-refractivity contribution in [2.75, 3.05) is 10.8 Å². The van der Waals surface area contributed by atoms with Crippen LogP contribution in [-0.2, 0) is 10.0 Å². The number of hydrogen-bond donors (Lipinski definition) is 2. The van der Waals surface area contributed by atoms with Crippen LogP contribution in [0.3, 0.4) is 0 Å². The molecular weight excluding hydrogens is 264 g/mol. The quantitative estimate of drug-likeness (QED) is 0.857. The standard InChI is InChI=1S/C12H14N4O2S/c13-10-6-8-16(11-4-2-1-3-9(10)11)19(17,18)12-5-7-14-15-12/h1-5,7,10H,6,8,13H2,(H,14,15). The number of para-hydroxylation sites is 1. The molecule has 0 spiro atoms. The molecule has 0 bridgehead atoms. The first-order valence-corrected chi connectivity index (χ1v) is 7.41. The van der Waals surface area contributed by atoms with Crippen molar-refractivity contribution < 1.29 is 8.42 Å². The average molecular weight is 278 g/mol. The number of nitrogens with two attached hydrogens (primary N) is 1. The fraction of sp³-hybridized carbons (Fsp3) is 0.250. The first-order chi connectivity index (χ1) is 9.10. The van der Waals surface area contributed by atoms with Crippen LogP contribution in [0.5, 0.6) is 0 Å². The second kappa shape index (κ2) is 4.36. The van der Waals surface area contributed by atoms with E-state index in [4.69, 9.17) is 5.73 Å². The first-order valence-electron chi connectivity index (χ1n) is 5.97. The lowest BCUT2D eigenvalue weighted by molar-refractivity contribution is 0.571. The maximum absolute atomic E-state index is 12.5. The molecule has 6 nitrogen and oxygen atoms in total. The van der Waals surface area contributed by atoms with E-state index in [0.717, 1.165) is 5.56 Å². The van der Waals surface area contributed by atoms with Crippen molar-refractivity contribution >= 4 is 15.7 Å². The number of benzene rings is 1. The molecule has 3 N–H and O–H groups in total. The predicted octanol–water partition coefficient (Wildman–Crippen LogP) is 1.01. The molecule has 2 aromatic rings. The van der Waals surface area contributed by atoms with E-state index >= 15 is 0 Å². The van der Waals surface area contributed by atoms with E-state index in [1.54, 1.807) is 6.07 Å². The van der Waals surface area contributed by atoms with Crippen LogP contribution in [0.1, 0.15) is 18.0 Å². The number of aromatic nitrogens is 2. The van der Waals surface area contributed by atoms with Gasteiger partial charge < -0.3 is 5.73 Å². The molecule has 100 valence electrons. The molecule has 2 heterocycles. The van der Waals surface area contributed by atoms with Crippen LogP contribution in [0, 0.1) is 0 Å². The van der Waals surface area contributed by atoms with E-state index in [1.807, 2.05) is 18.2 Å². The lowest BCUT2D eigenvalue weighted by Gasteiger charge is -2.32. The molecule has 19 heavy (non-hydrogen) atoms. The third-order valence-electron chi connectivity index (χ3n) is 3.29. The summed E-state index contributed by atoms with van der Waals surface area (Å²) in [5, 5.41) is 6.30. The number of sulfonamides is 1. The molecular formula is C12H14N4O2S. The molecule has 1 aromatic carbocycles. The summed E-state index contributed by atoms with van der Waals surface area (Å²) in [6.45, 7) is 0.375. The van der Waals surface area contributed by atoms with E-state index in [2.05, 4.69) is 10.2 Å². The topological polar surface area (TPSA) is 92.1 Å². The first kappa shape index (κ1) is 12.2. The third-order valence-corrected chi connectivity index (χ3v) is 5.03. The lowest BCUT2D eigenvalue weighted by atomic mass is 9.99. The fourth-order valence-corrected chi connectivity index (χ4v) is 3.72. The number of nitrogens with zero attached hydrogens (tertiary/aromatic N) is 2. The molecule has 0 saturated carbocycles. The number of hydrogen-bond acceptors (Lipinski definition) is 4. The van der Waals surface area contributed by atoms with E-state index in [0.29, 0.717) is 18.7 Å². The molecule has 0 fully saturated rings. The summed E-state index contributed by atoms with van der Waals surface area (Å²) in [6.07, 6.45) is 2.03. The van der Waals surface area contributed by atoms with Gasteiger partial charge >= 0.3 is 0 Å². The van der Waals surface area contributed by atoms with Gasteiger partial charge in [-0.2, -0.15) is 13.5 Å². The number of anilines is 1. The summed E-state index contributed by atoms with van der Waals surface area (Å²) < 4.78 is 26.5. The highest BCUT2D eigenvalue weighted by molar-refractivity contribution is 7.92. The minimum atomic E-state index is -3.60. The summed E-state index contributed by atoms with van der Waals surface area (Å²) >= 11 is 0. The zero-order valence-corrected chi connectivity index (χ0v) is 11.0. The number of fused-ring (bicyclic) bond motifs is 1. The van der Waals surface area contributed by atoms with Crippen LogP contribution in [-0.4, -0.2) is 25.2 Å². The summed E-state index contributed by atoms with van der Waals surface area (Å²) in [5.41, 5.74) is 7.54. The maximum Gasteiger partial charge on any atom is 0.281 e. The Morgan fingerprint density at radius 1 is 1.32 bits per heavy atom. The van der Waals surface area contributed by atoms with Crippen molar-refractivity contribution in [2.45, 2.75) is 17.5 Å². The number of rotatable bonds is 2. The molecule has 0 saturated heterocycles. The molecule has 3 rings (SSSR count). The van der Waals surface area contributed by atoms with E-state index in [-0.39, 0.29) is 11.1 Å². The highest BCUT2D eigenvalue weighted by Gasteiger charge is 2.32. The maximum atomic E-state index is 12.5. The van der Waals surface area contributed by atoms with Crippen LogP contribution in [0.4, 0.5) is 5.69 Å². The SMILES string of the molecule is NC1CCN(S(=O)(=O)c2ccn[nH]2)c2ccccc21. The minimum absolute atomic E-state index is 0.0952. The van der Waals surface area contributed by atoms with Gasteiger partial charge in [-0.3, -0.25) is 9.40 Å². The normalized spacial score (nSPS) is 19.2. The van der Waals surface area contributed by atoms with Crippen molar-refractivity contribution in [3.05, 3.63) is 42.1 Å². The molecule has 0 radical (unpaired) electrons. The average Bonchev–Trinajstić information content (AvgIpc) is 2.94. The smallest absolute Gasteiger partial charge is 0.281 e. The Bertz CT molecular complexity index is 682. The largest absolute Gasteiger partial charge is 0.324 e. The van der Waals surface area contributed by atoms with Crippen LogP contribution < -0.4 is 10.0 Å². The van der Waals surface area contributed by atoms with Gasteiger partial charge in [-0.1, -0.05) is 18.2 Å². The van der Waals surface area contributed by atoms with Gasteiger partial charge in [0.2, 0.25) is 0 Å². The molecule has 1 unspecified atom stereocenters. The summed E-state index contributed by atoms with van der Waals surface area (Å²) in [6, 6.07) is 8.66. The molecule has 7 heteroatoms. The Hall–Kier alpha value is -1.86. The van der Waals surface area contributed by atoms with Crippen LogP contribution in [0.25, 0.3) is 0 Å². The second-order valence-electron chi connectivity index (χ2n) is 4.45. The lowest BCUT2D eigenvalue weighted by Crippen LogP contribution is -2.38. The van der Waals surface area contributed by atoms with Gasteiger partial charge in [0.1, 0.15) is 0 Å². The van der Waals surface area contributed by atoms with Crippen molar-refractivity contribution in [1.82, 2.24) is 10.2 Å². The van der Waals surface area contributed by atoms with Crippen molar-refractivity contribution in [1.29, 1.82) is 0 Å². The summed E-state index contributed by atoms with van der Waals surface area (Å²) in [5.74, 6) is 0. The van der Waals surface area contributed by atoms with Gasteiger partial charge in [0.25, 0.3) is 10.0 Å². The fourth-order valence-electron chi connectivity index (χ4n) is 2.32. The minimum Gasteiger partial charge on any atom is -0.324 e. The monoisotopic (exact) mass is 278 g/mol. The number of H-pyrrole nitrogens is 1. The Morgan fingerprint density at radius 3 is 2.84 bits per heavy atom. The van der Waals surface area contributed by atoms with E-state index in [1.165, 1.54) is 16.6 Å².